The molecule has 0 aliphatic heterocycles. The number of aromatic nitrogens is 3. The second kappa shape index (κ2) is 8.20. The summed E-state index contributed by atoms with van der Waals surface area (Å²) in [6.45, 7) is 2.41. The fourth-order valence-corrected chi connectivity index (χ4v) is 5.32. The van der Waals surface area contributed by atoms with E-state index < -0.39 is 10.0 Å². The second-order valence-corrected chi connectivity index (χ2v) is 9.81. The van der Waals surface area contributed by atoms with Gasteiger partial charge in [-0.2, -0.15) is 0 Å². The smallest absolute Gasteiger partial charge is 0.269 e. The summed E-state index contributed by atoms with van der Waals surface area (Å²) in [5.74, 6) is 0.455. The van der Waals surface area contributed by atoms with Crippen LogP contribution in [0.2, 0.25) is 0 Å². The predicted molar refractivity (Wildman–Crippen MR) is 117 cm³/mol. The van der Waals surface area contributed by atoms with Gasteiger partial charge in [-0.1, -0.05) is 49.2 Å². The summed E-state index contributed by atoms with van der Waals surface area (Å²) < 4.78 is 27.1. The van der Waals surface area contributed by atoms with E-state index in [2.05, 4.69) is 15.3 Å². The molecule has 0 radical (unpaired) electrons. The van der Waals surface area contributed by atoms with Crippen LogP contribution < -0.4 is 5.32 Å². The molecule has 0 atom stereocenters. The van der Waals surface area contributed by atoms with Gasteiger partial charge >= 0.3 is 0 Å². The Bertz CT molecular complexity index is 1130. The zero-order valence-corrected chi connectivity index (χ0v) is 18.0. The van der Waals surface area contributed by atoms with Crippen LogP contribution in [0.1, 0.15) is 43.4 Å². The minimum absolute atomic E-state index is 0.228. The lowest BCUT2D eigenvalue weighted by Crippen LogP contribution is -2.30. The van der Waals surface area contributed by atoms with Gasteiger partial charge in [-0.3, -0.25) is 0 Å². The lowest BCUT2D eigenvalue weighted by atomic mass is 9.89. The van der Waals surface area contributed by atoms with E-state index >= 15 is 0 Å². The third kappa shape index (κ3) is 4.18. The normalized spacial score (nSPS) is 15.5. The van der Waals surface area contributed by atoms with E-state index in [0.717, 1.165) is 29.1 Å². The first kappa shape index (κ1) is 20.0. The van der Waals surface area contributed by atoms with E-state index in [1.165, 1.54) is 29.4 Å². The van der Waals surface area contributed by atoms with Crippen LogP contribution in [0.15, 0.2) is 47.6 Å². The van der Waals surface area contributed by atoms with Crippen molar-refractivity contribution in [2.45, 2.75) is 50.5 Å². The van der Waals surface area contributed by atoms with Crippen molar-refractivity contribution < 1.29 is 8.42 Å². The van der Waals surface area contributed by atoms with E-state index in [-0.39, 0.29) is 4.90 Å². The largest absolute Gasteiger partial charge is 0.374 e. The fraction of sp³-hybridized carbons (Fsp3) is 0.381. The maximum Gasteiger partial charge on any atom is 0.269 e. The van der Waals surface area contributed by atoms with Crippen molar-refractivity contribution in [3.05, 3.63) is 54.0 Å². The maximum atomic E-state index is 13.0. The number of nitrogens with zero attached hydrogens (tertiary/aromatic N) is 3. The van der Waals surface area contributed by atoms with E-state index in [9.17, 15) is 8.42 Å². The molecular weight excluding hydrogens is 404 g/mol. The maximum absolute atomic E-state index is 13.0. The summed E-state index contributed by atoms with van der Waals surface area (Å²) in [4.78, 5) is 10.1. The molecule has 0 bridgehead atoms. The average Bonchev–Trinajstić information content (AvgIpc) is 3.17. The molecular formula is C21H24N4O2S2. The average molecular weight is 429 g/mol. The van der Waals surface area contributed by atoms with Gasteiger partial charge < -0.3 is 5.32 Å². The Morgan fingerprint density at radius 1 is 1.17 bits per heavy atom. The fourth-order valence-electron chi connectivity index (χ4n) is 3.72. The van der Waals surface area contributed by atoms with Crippen LogP contribution in [0.25, 0.3) is 11.2 Å². The van der Waals surface area contributed by atoms with Gasteiger partial charge in [0.25, 0.3) is 10.0 Å². The molecule has 1 aromatic carbocycles. The summed E-state index contributed by atoms with van der Waals surface area (Å²) in [6.07, 6.45) is 9.18. The molecule has 0 spiro atoms. The minimum Gasteiger partial charge on any atom is -0.374 e. The predicted octanol–water partition coefficient (Wildman–Crippen LogP) is 3.97. The highest BCUT2D eigenvalue weighted by Crippen LogP contribution is 2.24. The molecule has 1 aliphatic rings. The molecule has 3 aromatic rings. The third-order valence-electron chi connectivity index (χ3n) is 5.40. The SMILES string of the molecule is Cc1ccc(S(=O)(=O)n2ccc3nc(CNC(=S)C4CCCCC4)cnc32)cc1. The van der Waals surface area contributed by atoms with Crippen LogP contribution in [0, 0.1) is 12.8 Å². The number of fused-ring (bicyclic) bond motifs is 1. The second-order valence-electron chi connectivity index (χ2n) is 7.55. The lowest BCUT2D eigenvalue weighted by Gasteiger charge is -2.23. The Labute approximate surface area is 176 Å². The quantitative estimate of drug-likeness (QED) is 0.620. The first-order chi connectivity index (χ1) is 13.9. The van der Waals surface area contributed by atoms with Crippen molar-refractivity contribution in [3.8, 4) is 0 Å². The summed E-state index contributed by atoms with van der Waals surface area (Å²) in [5.41, 5.74) is 2.61. The Morgan fingerprint density at radius 2 is 1.90 bits per heavy atom. The number of hydrogen-bond donors (Lipinski definition) is 1. The molecule has 2 heterocycles. The van der Waals surface area contributed by atoms with E-state index in [4.69, 9.17) is 12.2 Å². The van der Waals surface area contributed by atoms with Crippen LogP contribution in [0.4, 0.5) is 0 Å². The molecule has 1 aliphatic carbocycles. The molecule has 29 heavy (non-hydrogen) atoms. The number of aryl methyl sites for hydroxylation is 1. The highest BCUT2D eigenvalue weighted by Gasteiger charge is 2.21. The molecule has 0 unspecified atom stereocenters. The highest BCUT2D eigenvalue weighted by atomic mass is 32.2. The molecule has 1 N–H and O–H groups in total. The number of benzene rings is 1. The summed E-state index contributed by atoms with van der Waals surface area (Å²) >= 11 is 5.54. The molecule has 6 nitrogen and oxygen atoms in total. The van der Waals surface area contributed by atoms with Gasteiger partial charge in [0, 0.05) is 12.1 Å². The van der Waals surface area contributed by atoms with Gasteiger partial charge in [-0.15, -0.1) is 0 Å². The van der Waals surface area contributed by atoms with Gasteiger partial charge in [0.15, 0.2) is 5.65 Å². The van der Waals surface area contributed by atoms with E-state index in [1.54, 1.807) is 36.5 Å². The molecule has 4 rings (SSSR count). The molecule has 8 heteroatoms. The molecule has 0 saturated heterocycles. The topological polar surface area (TPSA) is 76.9 Å². The van der Waals surface area contributed by atoms with Gasteiger partial charge in [0.2, 0.25) is 0 Å². The lowest BCUT2D eigenvalue weighted by molar-refractivity contribution is 0.435. The zero-order valence-electron chi connectivity index (χ0n) is 16.3. The monoisotopic (exact) mass is 428 g/mol. The van der Waals surface area contributed by atoms with Crippen molar-refractivity contribution in [2.75, 3.05) is 0 Å². The van der Waals surface area contributed by atoms with E-state index in [1.807, 2.05) is 6.92 Å². The molecule has 2 aromatic heterocycles. The van der Waals surface area contributed by atoms with Crippen LogP contribution in [0.3, 0.4) is 0 Å². The first-order valence-corrected chi connectivity index (χ1v) is 11.7. The van der Waals surface area contributed by atoms with Gasteiger partial charge in [0.05, 0.1) is 28.3 Å². The number of nitrogens with one attached hydrogen (secondary N) is 1. The van der Waals surface area contributed by atoms with Gasteiger partial charge in [-0.25, -0.2) is 22.4 Å². The van der Waals surface area contributed by atoms with Crippen molar-refractivity contribution in [1.29, 1.82) is 0 Å². The molecule has 0 amide bonds. The van der Waals surface area contributed by atoms with Crippen LogP contribution in [0.5, 0.6) is 0 Å². The number of rotatable bonds is 5. The Hall–Kier alpha value is -2.32. The summed E-state index contributed by atoms with van der Waals surface area (Å²) in [7, 11) is -3.71. The zero-order chi connectivity index (χ0) is 20.4. The highest BCUT2D eigenvalue weighted by molar-refractivity contribution is 7.90. The Kier molecular flexibility index (Phi) is 5.65. The first-order valence-electron chi connectivity index (χ1n) is 9.88. The van der Waals surface area contributed by atoms with Crippen molar-refractivity contribution in [1.82, 2.24) is 19.3 Å². The van der Waals surface area contributed by atoms with Crippen molar-refractivity contribution in [2.24, 2.45) is 5.92 Å². The van der Waals surface area contributed by atoms with Crippen LogP contribution in [-0.4, -0.2) is 27.3 Å². The summed E-state index contributed by atoms with van der Waals surface area (Å²) in [6, 6.07) is 8.45. The molecule has 1 saturated carbocycles. The summed E-state index contributed by atoms with van der Waals surface area (Å²) in [5, 5.41) is 3.31. The Balaban J connectivity index is 1.53. The van der Waals surface area contributed by atoms with Gasteiger partial charge in [0.1, 0.15) is 5.52 Å². The van der Waals surface area contributed by atoms with Crippen molar-refractivity contribution >= 4 is 38.4 Å². The number of thiocarbonyl (C=S) groups is 1. The van der Waals surface area contributed by atoms with Crippen LogP contribution in [-0.2, 0) is 16.6 Å². The number of hydrogen-bond acceptors (Lipinski definition) is 5. The van der Waals surface area contributed by atoms with Crippen molar-refractivity contribution in [3.63, 3.8) is 0 Å². The Morgan fingerprint density at radius 3 is 2.62 bits per heavy atom. The van der Waals surface area contributed by atoms with E-state index in [0.29, 0.717) is 23.6 Å². The molecule has 152 valence electrons. The minimum atomic E-state index is -3.71. The van der Waals surface area contributed by atoms with Gasteiger partial charge in [-0.05, 0) is 38.0 Å². The standard InChI is InChI=1S/C21H24N4O2S2/c1-15-7-9-18(10-8-15)29(26,27)25-12-11-19-20(25)22-13-17(24-19)14-23-21(28)16-5-3-2-4-6-16/h7-13,16H,2-6,14H2,1H3,(H,23,28). The van der Waals surface area contributed by atoms with Crippen LogP contribution >= 0.6 is 12.2 Å². The third-order valence-corrected chi connectivity index (χ3v) is 7.56. The molecule has 1 fully saturated rings.